The maximum atomic E-state index is 2.58. The lowest BCUT2D eigenvalue weighted by molar-refractivity contribution is 1.28. The molecular formula is C60H42BN3. The summed E-state index contributed by atoms with van der Waals surface area (Å²) < 4.78 is 0. The predicted molar refractivity (Wildman–Crippen MR) is 271 cm³/mol. The Bertz CT molecular complexity index is 3000. The molecule has 0 N–H and O–H groups in total. The molecule has 0 bridgehead atoms. The number of rotatable bonds is 8. The summed E-state index contributed by atoms with van der Waals surface area (Å²) in [6, 6.07) is 92.5. The van der Waals surface area contributed by atoms with E-state index in [4.69, 9.17) is 0 Å². The van der Waals surface area contributed by atoms with Gasteiger partial charge in [0.15, 0.2) is 0 Å². The van der Waals surface area contributed by atoms with Gasteiger partial charge in [-0.25, -0.2) is 0 Å². The zero-order valence-electron chi connectivity index (χ0n) is 35.2. The Hall–Kier alpha value is -8.34. The number of anilines is 8. The molecular weight excluding hydrogens is 773 g/mol. The first kappa shape index (κ1) is 37.4. The average Bonchev–Trinajstić information content (AvgIpc) is 3.37. The summed E-state index contributed by atoms with van der Waals surface area (Å²) in [5.41, 5.74) is 21.6. The van der Waals surface area contributed by atoms with E-state index >= 15 is 0 Å². The fourth-order valence-electron chi connectivity index (χ4n) is 9.95. The van der Waals surface area contributed by atoms with Crippen molar-refractivity contribution < 1.29 is 0 Å². The summed E-state index contributed by atoms with van der Waals surface area (Å²) in [5, 5.41) is 0. The summed E-state index contributed by atoms with van der Waals surface area (Å²) in [4.78, 5) is 7.24. The van der Waals surface area contributed by atoms with E-state index < -0.39 is 0 Å². The van der Waals surface area contributed by atoms with Crippen molar-refractivity contribution in [1.29, 1.82) is 0 Å². The van der Waals surface area contributed by atoms with Crippen molar-refractivity contribution in [2.45, 2.75) is 0 Å². The fraction of sp³-hybridized carbons (Fsp3) is 0. The number of benzene rings is 10. The van der Waals surface area contributed by atoms with Gasteiger partial charge in [-0.1, -0.05) is 158 Å². The summed E-state index contributed by atoms with van der Waals surface area (Å²) in [6.45, 7) is 0.0140. The van der Waals surface area contributed by atoms with Gasteiger partial charge in [-0.3, -0.25) is 0 Å². The van der Waals surface area contributed by atoms with Gasteiger partial charge in [-0.15, -0.1) is 0 Å². The molecule has 0 aliphatic carbocycles. The van der Waals surface area contributed by atoms with Crippen LogP contribution in [0.15, 0.2) is 255 Å². The molecule has 0 fully saturated rings. The van der Waals surface area contributed by atoms with Crippen LogP contribution in [0, 0.1) is 0 Å². The minimum absolute atomic E-state index is 0.0140. The maximum Gasteiger partial charge on any atom is 0.329 e. The van der Waals surface area contributed by atoms with E-state index in [1.165, 1.54) is 66.8 Å². The van der Waals surface area contributed by atoms with Gasteiger partial charge >= 0.3 is 6.85 Å². The monoisotopic (exact) mass is 815 g/mol. The van der Waals surface area contributed by atoms with E-state index in [9.17, 15) is 0 Å². The van der Waals surface area contributed by atoms with Crippen LogP contribution in [0.1, 0.15) is 0 Å². The van der Waals surface area contributed by atoms with Crippen molar-refractivity contribution in [2.24, 2.45) is 0 Å². The van der Waals surface area contributed by atoms with Crippen LogP contribution >= 0.6 is 0 Å². The van der Waals surface area contributed by atoms with Crippen molar-refractivity contribution in [2.75, 3.05) is 14.6 Å². The molecule has 10 aromatic rings. The average molecular weight is 816 g/mol. The molecule has 0 unspecified atom stereocenters. The molecule has 0 saturated heterocycles. The van der Waals surface area contributed by atoms with Gasteiger partial charge in [0.1, 0.15) is 0 Å². The third kappa shape index (κ3) is 6.47. The Morgan fingerprint density at radius 2 is 0.641 bits per heavy atom. The van der Waals surface area contributed by atoms with Gasteiger partial charge in [0, 0.05) is 56.6 Å². The van der Waals surface area contributed by atoms with E-state index in [1.54, 1.807) is 0 Å². The SMILES string of the molecule is c1ccc(N(c2ccccc2)c2cccc(-c3ccc4c(c3)-c3ccccc3N3B4c4ccccc4-c4cc(-c5cccc(N(c6ccccc6)c6ccccc6)c5)ccc43)c2)cc1. The molecule has 0 amide bonds. The van der Waals surface area contributed by atoms with E-state index in [-0.39, 0.29) is 6.85 Å². The van der Waals surface area contributed by atoms with E-state index in [0.29, 0.717) is 0 Å². The Morgan fingerprint density at radius 1 is 0.250 bits per heavy atom. The molecule has 2 heterocycles. The van der Waals surface area contributed by atoms with Crippen LogP contribution in [0.3, 0.4) is 0 Å². The highest BCUT2D eigenvalue weighted by atomic mass is 15.1. The van der Waals surface area contributed by atoms with Crippen molar-refractivity contribution in [1.82, 2.24) is 0 Å². The van der Waals surface area contributed by atoms with Crippen LogP contribution in [-0.4, -0.2) is 6.85 Å². The standard InChI is InChI=1S/C60H42BN3/c1-5-21-47(22-6-1)62(48-23-7-2-8-24-48)51-29-17-19-43(39-51)45-35-37-58-55(41-45)54-32-14-16-34-59(54)64-60-38-36-46(42-56(60)53-31-13-15-33-57(53)61(58)64)44-20-18-30-52(40-44)63(49-25-9-3-10-26-49)50-27-11-4-12-28-50/h1-42H. The topological polar surface area (TPSA) is 9.72 Å². The predicted octanol–water partition coefficient (Wildman–Crippen LogP) is 14.9. The molecule has 0 radical (unpaired) electrons. The van der Waals surface area contributed by atoms with Crippen LogP contribution < -0.4 is 25.5 Å². The minimum Gasteiger partial charge on any atom is -0.376 e. The van der Waals surface area contributed by atoms with Crippen LogP contribution in [0.25, 0.3) is 44.5 Å². The smallest absolute Gasteiger partial charge is 0.329 e. The van der Waals surface area contributed by atoms with Crippen molar-refractivity contribution in [3.63, 3.8) is 0 Å². The van der Waals surface area contributed by atoms with E-state index in [1.807, 2.05) is 0 Å². The summed E-state index contributed by atoms with van der Waals surface area (Å²) in [7, 11) is 0. The van der Waals surface area contributed by atoms with Crippen LogP contribution in [0.2, 0.25) is 0 Å². The quantitative estimate of drug-likeness (QED) is 0.142. The first-order chi connectivity index (χ1) is 31.8. The van der Waals surface area contributed by atoms with Gasteiger partial charge in [-0.2, -0.15) is 0 Å². The zero-order valence-corrected chi connectivity index (χ0v) is 35.2. The number of fused-ring (bicyclic) bond motifs is 11. The molecule has 10 aromatic carbocycles. The molecule has 0 atom stereocenters. The number of hydrogen-bond donors (Lipinski definition) is 0. The van der Waals surface area contributed by atoms with Crippen LogP contribution in [0.5, 0.6) is 0 Å². The highest BCUT2D eigenvalue weighted by Gasteiger charge is 2.42. The van der Waals surface area contributed by atoms with Gasteiger partial charge in [0.25, 0.3) is 0 Å². The lowest BCUT2D eigenvalue weighted by atomic mass is 9.43. The molecule has 2 aliphatic heterocycles. The van der Waals surface area contributed by atoms with Gasteiger partial charge in [0.05, 0.1) is 0 Å². The summed E-state index contributed by atoms with van der Waals surface area (Å²) in [5.74, 6) is 0. The minimum atomic E-state index is 0.0140. The zero-order chi connectivity index (χ0) is 42.4. The molecule has 300 valence electrons. The third-order valence-electron chi connectivity index (χ3n) is 12.8. The molecule has 64 heavy (non-hydrogen) atoms. The van der Waals surface area contributed by atoms with Gasteiger partial charge < -0.3 is 14.6 Å². The first-order valence-corrected chi connectivity index (χ1v) is 22.0. The largest absolute Gasteiger partial charge is 0.376 e. The second kappa shape index (κ2) is 15.8. The molecule has 12 rings (SSSR count). The molecule has 0 aromatic heterocycles. The second-order valence-electron chi connectivity index (χ2n) is 16.5. The van der Waals surface area contributed by atoms with Gasteiger partial charge in [0.2, 0.25) is 0 Å². The van der Waals surface area contributed by atoms with E-state index in [2.05, 4.69) is 269 Å². The Labute approximate surface area is 375 Å². The Kier molecular flexibility index (Phi) is 9.27. The number of para-hydroxylation sites is 5. The number of nitrogens with zero attached hydrogens (tertiary/aromatic N) is 3. The maximum absolute atomic E-state index is 2.58. The van der Waals surface area contributed by atoms with Crippen molar-refractivity contribution >= 4 is 63.3 Å². The molecule has 0 spiro atoms. The lowest BCUT2D eigenvalue weighted by Crippen LogP contribution is -2.59. The Balaban J connectivity index is 0.949. The second-order valence-corrected chi connectivity index (χ2v) is 16.5. The van der Waals surface area contributed by atoms with E-state index in [0.717, 1.165) is 34.1 Å². The lowest BCUT2D eigenvalue weighted by Gasteiger charge is -2.43. The van der Waals surface area contributed by atoms with Crippen LogP contribution in [0.4, 0.5) is 45.5 Å². The normalized spacial score (nSPS) is 12.0. The summed E-state index contributed by atoms with van der Waals surface area (Å²) in [6.07, 6.45) is 0. The highest BCUT2D eigenvalue weighted by Crippen LogP contribution is 2.48. The molecule has 3 nitrogen and oxygen atoms in total. The summed E-state index contributed by atoms with van der Waals surface area (Å²) >= 11 is 0. The van der Waals surface area contributed by atoms with Gasteiger partial charge in [-0.05, 0) is 141 Å². The highest BCUT2D eigenvalue weighted by molar-refractivity contribution is 6.92. The fourth-order valence-corrected chi connectivity index (χ4v) is 9.95. The van der Waals surface area contributed by atoms with Crippen LogP contribution in [-0.2, 0) is 0 Å². The molecule has 2 aliphatic rings. The first-order valence-electron chi connectivity index (χ1n) is 22.0. The third-order valence-corrected chi connectivity index (χ3v) is 12.8. The van der Waals surface area contributed by atoms with Crippen molar-refractivity contribution in [3.05, 3.63) is 255 Å². The Morgan fingerprint density at radius 3 is 1.19 bits per heavy atom. The number of hydrogen-bond acceptors (Lipinski definition) is 3. The molecule has 4 heteroatoms. The van der Waals surface area contributed by atoms with Crippen molar-refractivity contribution in [3.8, 4) is 44.5 Å². The molecule has 0 saturated carbocycles.